The van der Waals surface area contributed by atoms with E-state index in [1.54, 1.807) is 17.1 Å². The van der Waals surface area contributed by atoms with Crippen molar-refractivity contribution in [3.05, 3.63) is 65.1 Å². The van der Waals surface area contributed by atoms with Crippen LogP contribution in [-0.2, 0) is 23.6 Å². The lowest BCUT2D eigenvalue weighted by Crippen LogP contribution is -2.25. The fraction of sp³-hybridized carbons (Fsp3) is 0.263. The highest BCUT2D eigenvalue weighted by Crippen LogP contribution is 2.22. The van der Waals surface area contributed by atoms with E-state index in [1.165, 1.54) is 0 Å². The maximum atomic E-state index is 12.7. The molecule has 0 bridgehead atoms. The Labute approximate surface area is 154 Å². The number of hydrogen-bond acceptors (Lipinski definition) is 4. The van der Waals surface area contributed by atoms with Crippen molar-refractivity contribution >= 4 is 10.0 Å². The number of nitrogens with zero attached hydrogens (tertiary/aromatic N) is 3. The third-order valence-corrected chi connectivity index (χ3v) is 5.87. The van der Waals surface area contributed by atoms with Crippen molar-refractivity contribution in [1.29, 1.82) is 0 Å². The molecule has 0 aliphatic carbocycles. The second-order valence-electron chi connectivity index (χ2n) is 6.51. The normalized spacial score (nSPS) is 11.7. The molecule has 0 radical (unpaired) electrons. The molecule has 0 unspecified atom stereocenters. The van der Waals surface area contributed by atoms with Gasteiger partial charge in [-0.25, -0.2) is 13.1 Å². The Bertz CT molecular complexity index is 1010. The second kappa shape index (κ2) is 7.01. The van der Waals surface area contributed by atoms with Crippen LogP contribution in [0.4, 0.5) is 0 Å². The van der Waals surface area contributed by atoms with E-state index in [0.717, 1.165) is 33.5 Å². The number of rotatable bonds is 5. The van der Waals surface area contributed by atoms with Crippen LogP contribution in [-0.4, -0.2) is 23.2 Å². The summed E-state index contributed by atoms with van der Waals surface area (Å²) in [6.45, 7) is 5.78. The van der Waals surface area contributed by atoms with Gasteiger partial charge < -0.3 is 0 Å². The average molecular weight is 370 g/mol. The van der Waals surface area contributed by atoms with Gasteiger partial charge in [-0.3, -0.25) is 9.67 Å². The van der Waals surface area contributed by atoms with E-state index in [1.807, 2.05) is 58.3 Å². The highest BCUT2D eigenvalue weighted by atomic mass is 32.2. The monoisotopic (exact) mass is 370 g/mol. The Kier molecular flexibility index (Phi) is 4.93. The van der Waals surface area contributed by atoms with Gasteiger partial charge >= 0.3 is 0 Å². The van der Waals surface area contributed by atoms with Crippen molar-refractivity contribution in [2.24, 2.45) is 7.05 Å². The first kappa shape index (κ1) is 18.3. The lowest BCUT2D eigenvalue weighted by molar-refractivity contribution is 0.580. The topological polar surface area (TPSA) is 76.9 Å². The van der Waals surface area contributed by atoms with Crippen molar-refractivity contribution in [2.45, 2.75) is 32.2 Å². The number of benzene rings is 1. The summed E-state index contributed by atoms with van der Waals surface area (Å²) in [4.78, 5) is 4.74. The number of nitrogens with one attached hydrogen (secondary N) is 1. The SMILES string of the molecule is Cc1cc(C)c(S(=O)(=O)NCc2ccc(-c3cnn(C)c3)nc2)c(C)c1. The first-order chi connectivity index (χ1) is 12.3. The minimum absolute atomic E-state index is 0.190. The van der Waals surface area contributed by atoms with E-state index in [9.17, 15) is 8.42 Å². The Morgan fingerprint density at radius 3 is 2.31 bits per heavy atom. The fourth-order valence-electron chi connectivity index (χ4n) is 3.09. The maximum Gasteiger partial charge on any atom is 0.241 e. The molecule has 0 spiro atoms. The zero-order valence-electron chi connectivity index (χ0n) is 15.3. The smallest absolute Gasteiger partial charge is 0.241 e. The summed E-state index contributed by atoms with van der Waals surface area (Å²) in [5.41, 5.74) is 5.07. The van der Waals surface area contributed by atoms with Crippen LogP contribution in [0.2, 0.25) is 0 Å². The highest BCUT2D eigenvalue weighted by molar-refractivity contribution is 7.89. The first-order valence-electron chi connectivity index (χ1n) is 8.28. The van der Waals surface area contributed by atoms with Gasteiger partial charge in [-0.2, -0.15) is 5.10 Å². The van der Waals surface area contributed by atoms with Gasteiger partial charge in [0.25, 0.3) is 0 Å². The molecule has 3 aromatic rings. The fourth-order valence-corrected chi connectivity index (χ4v) is 4.56. The van der Waals surface area contributed by atoms with Crippen LogP contribution in [0.5, 0.6) is 0 Å². The molecule has 0 saturated heterocycles. The zero-order chi connectivity index (χ0) is 18.9. The molecule has 1 N–H and O–H groups in total. The van der Waals surface area contributed by atoms with E-state index in [0.29, 0.717) is 4.90 Å². The van der Waals surface area contributed by atoms with Crippen molar-refractivity contribution in [1.82, 2.24) is 19.5 Å². The molecule has 6 nitrogen and oxygen atoms in total. The van der Waals surface area contributed by atoms with Crippen LogP contribution in [0, 0.1) is 20.8 Å². The second-order valence-corrected chi connectivity index (χ2v) is 8.21. The van der Waals surface area contributed by atoms with E-state index >= 15 is 0 Å². The third kappa shape index (κ3) is 3.84. The molecule has 7 heteroatoms. The Hall–Kier alpha value is -2.51. The predicted molar refractivity (Wildman–Crippen MR) is 101 cm³/mol. The molecule has 2 heterocycles. The Morgan fingerprint density at radius 2 is 1.77 bits per heavy atom. The van der Waals surface area contributed by atoms with E-state index in [2.05, 4.69) is 14.8 Å². The lowest BCUT2D eigenvalue weighted by atomic mass is 10.1. The van der Waals surface area contributed by atoms with Crippen LogP contribution in [0.1, 0.15) is 22.3 Å². The first-order valence-corrected chi connectivity index (χ1v) is 9.76. The minimum atomic E-state index is -3.59. The maximum absolute atomic E-state index is 12.7. The van der Waals surface area contributed by atoms with Crippen molar-refractivity contribution in [3.8, 4) is 11.3 Å². The van der Waals surface area contributed by atoms with Crippen molar-refractivity contribution in [3.63, 3.8) is 0 Å². The molecule has 26 heavy (non-hydrogen) atoms. The molecule has 0 atom stereocenters. The summed E-state index contributed by atoms with van der Waals surface area (Å²) in [6, 6.07) is 7.49. The number of pyridine rings is 1. The summed E-state index contributed by atoms with van der Waals surface area (Å²) in [5.74, 6) is 0. The molecule has 136 valence electrons. The summed E-state index contributed by atoms with van der Waals surface area (Å²) in [5, 5.41) is 4.13. The van der Waals surface area contributed by atoms with Gasteiger partial charge in [0.05, 0.1) is 16.8 Å². The Balaban J connectivity index is 1.76. The van der Waals surface area contributed by atoms with Gasteiger partial charge in [-0.1, -0.05) is 23.8 Å². The molecular formula is C19H22N4O2S. The summed E-state index contributed by atoms with van der Waals surface area (Å²) < 4.78 is 29.8. The van der Waals surface area contributed by atoms with Gasteiger partial charge in [0.15, 0.2) is 0 Å². The van der Waals surface area contributed by atoms with Crippen LogP contribution < -0.4 is 4.72 Å². The molecule has 0 fully saturated rings. The predicted octanol–water partition coefficient (Wildman–Crippen LogP) is 2.89. The number of sulfonamides is 1. The third-order valence-electron chi connectivity index (χ3n) is 4.17. The molecular weight excluding hydrogens is 348 g/mol. The van der Waals surface area contributed by atoms with Gasteiger partial charge in [-0.05, 0) is 43.5 Å². The molecule has 0 aliphatic rings. The van der Waals surface area contributed by atoms with Crippen LogP contribution in [0.25, 0.3) is 11.3 Å². The van der Waals surface area contributed by atoms with Crippen LogP contribution in [0.3, 0.4) is 0 Å². The summed E-state index contributed by atoms with van der Waals surface area (Å²) >= 11 is 0. The molecule has 0 saturated carbocycles. The van der Waals surface area contributed by atoms with Gasteiger partial charge in [0.2, 0.25) is 10.0 Å². The van der Waals surface area contributed by atoms with Gasteiger partial charge in [-0.15, -0.1) is 0 Å². The largest absolute Gasteiger partial charge is 0.275 e. The lowest BCUT2D eigenvalue weighted by Gasteiger charge is -2.13. The zero-order valence-corrected chi connectivity index (χ0v) is 16.1. The van der Waals surface area contributed by atoms with E-state index in [-0.39, 0.29) is 6.54 Å². The van der Waals surface area contributed by atoms with E-state index < -0.39 is 10.0 Å². The standard InChI is InChI=1S/C19H22N4O2S/c1-13-7-14(2)19(15(3)8-13)26(24,25)22-10-16-5-6-18(20-9-16)17-11-21-23(4)12-17/h5-9,11-12,22H,10H2,1-4H3. The summed E-state index contributed by atoms with van der Waals surface area (Å²) in [6.07, 6.45) is 5.31. The summed E-state index contributed by atoms with van der Waals surface area (Å²) in [7, 11) is -1.74. The molecule has 0 amide bonds. The average Bonchev–Trinajstić information content (AvgIpc) is 2.99. The Morgan fingerprint density at radius 1 is 1.08 bits per heavy atom. The highest BCUT2D eigenvalue weighted by Gasteiger charge is 2.19. The van der Waals surface area contributed by atoms with Gasteiger partial charge in [0.1, 0.15) is 0 Å². The van der Waals surface area contributed by atoms with Crippen LogP contribution in [0.15, 0.2) is 47.8 Å². The molecule has 1 aromatic carbocycles. The van der Waals surface area contributed by atoms with Crippen molar-refractivity contribution < 1.29 is 8.42 Å². The molecule has 3 rings (SSSR count). The van der Waals surface area contributed by atoms with E-state index in [4.69, 9.17) is 0 Å². The van der Waals surface area contributed by atoms with Crippen LogP contribution >= 0.6 is 0 Å². The number of aromatic nitrogens is 3. The quantitative estimate of drug-likeness (QED) is 0.749. The number of hydrogen-bond donors (Lipinski definition) is 1. The minimum Gasteiger partial charge on any atom is -0.275 e. The van der Waals surface area contributed by atoms with Gasteiger partial charge in [0, 0.05) is 31.5 Å². The molecule has 2 aromatic heterocycles. The number of aryl methyl sites for hydroxylation is 4. The van der Waals surface area contributed by atoms with Crippen molar-refractivity contribution in [2.75, 3.05) is 0 Å². The molecule has 0 aliphatic heterocycles.